The van der Waals surface area contributed by atoms with E-state index in [2.05, 4.69) is 5.32 Å². The Morgan fingerprint density at radius 2 is 1.96 bits per heavy atom. The number of esters is 1. The lowest BCUT2D eigenvalue weighted by atomic mass is 10.1. The van der Waals surface area contributed by atoms with Gasteiger partial charge in [-0.3, -0.25) is 4.79 Å². The number of amides is 1. The van der Waals surface area contributed by atoms with Crippen molar-refractivity contribution in [3.8, 4) is 11.3 Å². The van der Waals surface area contributed by atoms with Crippen molar-refractivity contribution in [2.45, 2.75) is 13.8 Å². The maximum atomic E-state index is 12.5. The Bertz CT molecular complexity index is 879. The van der Waals surface area contributed by atoms with Crippen LogP contribution < -0.4 is 5.32 Å². The fourth-order valence-electron chi connectivity index (χ4n) is 2.35. The molecule has 5 nitrogen and oxygen atoms in total. The molecular weight excluding hydrogens is 338 g/mol. The summed E-state index contributed by atoms with van der Waals surface area (Å²) >= 11 is 1.26. The van der Waals surface area contributed by atoms with E-state index in [0.29, 0.717) is 27.5 Å². The van der Waals surface area contributed by atoms with Crippen molar-refractivity contribution >= 4 is 28.2 Å². The van der Waals surface area contributed by atoms with Crippen molar-refractivity contribution in [3.63, 3.8) is 0 Å². The summed E-state index contributed by atoms with van der Waals surface area (Å²) in [5.41, 5.74) is 2.50. The van der Waals surface area contributed by atoms with Crippen molar-refractivity contribution in [1.29, 1.82) is 0 Å². The molecule has 2 aromatic heterocycles. The number of aryl methyl sites for hydroxylation is 1. The Morgan fingerprint density at radius 3 is 2.60 bits per heavy atom. The van der Waals surface area contributed by atoms with Crippen LogP contribution in [0, 0.1) is 6.92 Å². The molecule has 0 aliphatic heterocycles. The van der Waals surface area contributed by atoms with Gasteiger partial charge in [-0.2, -0.15) is 0 Å². The summed E-state index contributed by atoms with van der Waals surface area (Å²) < 4.78 is 10.5. The Hall–Kier alpha value is -2.86. The third-order valence-electron chi connectivity index (χ3n) is 3.60. The molecule has 0 saturated carbocycles. The fourth-order valence-corrected chi connectivity index (χ4v) is 3.28. The van der Waals surface area contributed by atoms with E-state index >= 15 is 0 Å². The quantitative estimate of drug-likeness (QED) is 0.671. The van der Waals surface area contributed by atoms with E-state index in [0.717, 1.165) is 5.56 Å². The van der Waals surface area contributed by atoms with Gasteiger partial charge in [-0.15, -0.1) is 11.3 Å². The number of anilines is 1. The maximum absolute atomic E-state index is 12.5. The molecule has 2 heterocycles. The van der Waals surface area contributed by atoms with E-state index < -0.39 is 5.97 Å². The highest BCUT2D eigenvalue weighted by molar-refractivity contribution is 7.15. The molecule has 1 amide bonds. The maximum Gasteiger partial charge on any atom is 0.341 e. The molecule has 0 radical (unpaired) electrons. The molecule has 0 atom stereocenters. The van der Waals surface area contributed by atoms with E-state index in [-0.39, 0.29) is 12.5 Å². The molecule has 0 aliphatic rings. The van der Waals surface area contributed by atoms with E-state index in [1.54, 1.807) is 36.6 Å². The Labute approximate surface area is 149 Å². The van der Waals surface area contributed by atoms with E-state index in [4.69, 9.17) is 9.15 Å². The number of nitrogens with one attached hydrogen (secondary N) is 1. The van der Waals surface area contributed by atoms with Crippen LogP contribution in [0.15, 0.2) is 52.5 Å². The predicted octanol–water partition coefficient (Wildman–Crippen LogP) is 4.75. The molecule has 0 saturated heterocycles. The smallest absolute Gasteiger partial charge is 0.341 e. The van der Waals surface area contributed by atoms with Gasteiger partial charge in [0.05, 0.1) is 12.9 Å². The zero-order valence-electron chi connectivity index (χ0n) is 13.9. The molecule has 0 spiro atoms. The zero-order chi connectivity index (χ0) is 17.8. The summed E-state index contributed by atoms with van der Waals surface area (Å²) in [5, 5.41) is 5.02. The zero-order valence-corrected chi connectivity index (χ0v) is 14.7. The number of hydrogen-bond acceptors (Lipinski definition) is 5. The third-order valence-corrected chi connectivity index (χ3v) is 4.49. The highest BCUT2D eigenvalue weighted by atomic mass is 32.1. The first kappa shape index (κ1) is 17.0. The van der Waals surface area contributed by atoms with Crippen LogP contribution in [-0.4, -0.2) is 18.5 Å². The van der Waals surface area contributed by atoms with Crippen LogP contribution in [0.25, 0.3) is 11.3 Å². The van der Waals surface area contributed by atoms with Crippen molar-refractivity contribution in [2.24, 2.45) is 0 Å². The standard InChI is InChI=1S/C19H17NO4S/c1-3-23-19(22)16-14(15-5-4-10-24-15)11-25-18(16)20-17(21)13-8-6-12(2)7-9-13/h4-11H,3H2,1-2H3,(H,20,21). The topological polar surface area (TPSA) is 68.5 Å². The molecule has 25 heavy (non-hydrogen) atoms. The number of hydrogen-bond donors (Lipinski definition) is 1. The molecule has 0 unspecified atom stereocenters. The molecule has 0 aliphatic carbocycles. The van der Waals surface area contributed by atoms with Crippen LogP contribution in [0.3, 0.4) is 0 Å². The average molecular weight is 355 g/mol. The van der Waals surface area contributed by atoms with Crippen LogP contribution in [0.2, 0.25) is 0 Å². The monoisotopic (exact) mass is 355 g/mol. The first-order chi connectivity index (χ1) is 12.1. The summed E-state index contributed by atoms with van der Waals surface area (Å²) in [5.74, 6) is -0.220. The largest absolute Gasteiger partial charge is 0.464 e. The summed E-state index contributed by atoms with van der Waals surface area (Å²) in [6.07, 6.45) is 1.53. The number of ether oxygens (including phenoxy) is 1. The SMILES string of the molecule is CCOC(=O)c1c(-c2ccco2)csc1NC(=O)c1ccc(C)cc1. The van der Waals surface area contributed by atoms with Crippen molar-refractivity contribution in [1.82, 2.24) is 0 Å². The molecule has 3 aromatic rings. The molecular formula is C19H17NO4S. The van der Waals surface area contributed by atoms with Gasteiger partial charge in [-0.1, -0.05) is 17.7 Å². The molecule has 1 N–H and O–H groups in total. The van der Waals surface area contributed by atoms with Gasteiger partial charge in [-0.05, 0) is 38.1 Å². The minimum Gasteiger partial charge on any atom is -0.464 e. The van der Waals surface area contributed by atoms with Crippen LogP contribution in [0.4, 0.5) is 5.00 Å². The Balaban J connectivity index is 1.94. The first-order valence-electron chi connectivity index (χ1n) is 7.80. The Kier molecular flexibility index (Phi) is 5.00. The minimum absolute atomic E-state index is 0.248. The second-order valence-corrected chi connectivity index (χ2v) is 6.25. The lowest BCUT2D eigenvalue weighted by Gasteiger charge is -2.08. The number of benzene rings is 1. The van der Waals surface area contributed by atoms with Gasteiger partial charge < -0.3 is 14.5 Å². The molecule has 1 aromatic carbocycles. The molecule has 0 bridgehead atoms. The number of thiophene rings is 1. The van der Waals surface area contributed by atoms with Crippen molar-refractivity contribution in [3.05, 3.63) is 64.7 Å². The lowest BCUT2D eigenvalue weighted by Crippen LogP contribution is -2.14. The fraction of sp³-hybridized carbons (Fsp3) is 0.158. The van der Waals surface area contributed by atoms with Gasteiger partial charge in [0, 0.05) is 16.5 Å². The summed E-state index contributed by atoms with van der Waals surface area (Å²) in [6, 6.07) is 10.7. The van der Waals surface area contributed by atoms with Gasteiger partial charge >= 0.3 is 5.97 Å². The van der Waals surface area contributed by atoms with Gasteiger partial charge in [0.1, 0.15) is 16.3 Å². The van der Waals surface area contributed by atoms with E-state index in [9.17, 15) is 9.59 Å². The highest BCUT2D eigenvalue weighted by Gasteiger charge is 2.24. The van der Waals surface area contributed by atoms with Crippen LogP contribution >= 0.6 is 11.3 Å². The number of furan rings is 1. The van der Waals surface area contributed by atoms with Gasteiger partial charge in [0.15, 0.2) is 0 Å². The number of carbonyl (C=O) groups is 2. The van der Waals surface area contributed by atoms with Crippen molar-refractivity contribution in [2.75, 3.05) is 11.9 Å². The Morgan fingerprint density at radius 1 is 1.20 bits per heavy atom. The van der Waals surface area contributed by atoms with Crippen LogP contribution in [0.1, 0.15) is 33.2 Å². The van der Waals surface area contributed by atoms with Gasteiger partial charge in [0.25, 0.3) is 5.91 Å². The average Bonchev–Trinajstić information content (AvgIpc) is 3.24. The summed E-state index contributed by atoms with van der Waals surface area (Å²) in [4.78, 5) is 24.9. The number of rotatable bonds is 5. The summed E-state index contributed by atoms with van der Waals surface area (Å²) in [6.45, 7) is 3.94. The third kappa shape index (κ3) is 3.64. The molecule has 0 fully saturated rings. The lowest BCUT2D eigenvalue weighted by molar-refractivity contribution is 0.0529. The van der Waals surface area contributed by atoms with Gasteiger partial charge in [-0.25, -0.2) is 4.79 Å². The minimum atomic E-state index is -0.491. The van der Waals surface area contributed by atoms with Crippen LogP contribution in [-0.2, 0) is 4.74 Å². The van der Waals surface area contributed by atoms with Crippen molar-refractivity contribution < 1.29 is 18.7 Å². The second kappa shape index (κ2) is 7.36. The number of carbonyl (C=O) groups excluding carboxylic acids is 2. The van der Waals surface area contributed by atoms with E-state index in [1.165, 1.54) is 17.6 Å². The highest BCUT2D eigenvalue weighted by Crippen LogP contribution is 2.36. The summed E-state index contributed by atoms with van der Waals surface area (Å²) in [7, 11) is 0. The van der Waals surface area contributed by atoms with Gasteiger partial charge in [0.2, 0.25) is 0 Å². The normalized spacial score (nSPS) is 10.5. The molecule has 3 rings (SSSR count). The molecule has 128 valence electrons. The first-order valence-corrected chi connectivity index (χ1v) is 8.68. The predicted molar refractivity (Wildman–Crippen MR) is 97.1 cm³/mol. The van der Waals surface area contributed by atoms with E-state index in [1.807, 2.05) is 19.1 Å². The second-order valence-electron chi connectivity index (χ2n) is 5.37. The molecule has 6 heteroatoms. The van der Waals surface area contributed by atoms with Crippen LogP contribution in [0.5, 0.6) is 0 Å².